The van der Waals surface area contributed by atoms with Crippen molar-refractivity contribution in [3.8, 4) is 12.3 Å². The summed E-state index contributed by atoms with van der Waals surface area (Å²) in [6.45, 7) is 9.26. The van der Waals surface area contributed by atoms with Crippen molar-refractivity contribution in [1.82, 2.24) is 9.80 Å². The van der Waals surface area contributed by atoms with Crippen molar-refractivity contribution in [3.05, 3.63) is 34.9 Å². The number of rotatable bonds is 1. The zero-order valence-electron chi connectivity index (χ0n) is 14.8. The zero-order chi connectivity index (χ0) is 17.9. The van der Waals surface area contributed by atoms with E-state index in [1.807, 2.05) is 39.8 Å². The van der Waals surface area contributed by atoms with Crippen LogP contribution in [-0.4, -0.2) is 53.6 Å². The number of aryl methyl sites for hydroxylation is 1. The van der Waals surface area contributed by atoms with Crippen LogP contribution in [0.2, 0.25) is 0 Å². The summed E-state index contributed by atoms with van der Waals surface area (Å²) in [5.41, 5.74) is 1.57. The lowest BCUT2D eigenvalue weighted by Crippen LogP contribution is -2.51. The SMILES string of the molecule is C#Cc1c(C)cccc1C(=O)N1CCN(C(=O)OC(C)(C)C)CC1. The molecule has 1 saturated heterocycles. The van der Waals surface area contributed by atoms with Gasteiger partial charge in [0.1, 0.15) is 5.60 Å². The summed E-state index contributed by atoms with van der Waals surface area (Å²) in [6, 6.07) is 5.48. The molecule has 5 heteroatoms. The predicted octanol–water partition coefficient (Wildman–Crippen LogP) is 2.67. The third kappa shape index (κ3) is 4.08. The maximum atomic E-state index is 12.7. The lowest BCUT2D eigenvalue weighted by molar-refractivity contribution is 0.0141. The third-order valence-corrected chi connectivity index (χ3v) is 3.87. The molecule has 2 rings (SSSR count). The Balaban J connectivity index is 2.03. The Kier molecular flexibility index (Phi) is 5.18. The van der Waals surface area contributed by atoms with Gasteiger partial charge < -0.3 is 14.5 Å². The van der Waals surface area contributed by atoms with E-state index in [1.54, 1.807) is 15.9 Å². The average Bonchev–Trinajstić information content (AvgIpc) is 2.52. The second-order valence-electron chi connectivity index (χ2n) is 6.90. The Labute approximate surface area is 143 Å². The molecule has 5 nitrogen and oxygen atoms in total. The van der Waals surface area contributed by atoms with Gasteiger partial charge in [0.15, 0.2) is 0 Å². The summed E-state index contributed by atoms with van der Waals surface area (Å²) in [7, 11) is 0. The highest BCUT2D eigenvalue weighted by Crippen LogP contribution is 2.17. The molecule has 0 radical (unpaired) electrons. The van der Waals surface area contributed by atoms with Gasteiger partial charge in [0.2, 0.25) is 0 Å². The summed E-state index contributed by atoms with van der Waals surface area (Å²) in [5.74, 6) is 2.52. The second-order valence-corrected chi connectivity index (χ2v) is 6.90. The number of benzene rings is 1. The summed E-state index contributed by atoms with van der Waals surface area (Å²) >= 11 is 0. The van der Waals surface area contributed by atoms with Gasteiger partial charge in [0, 0.05) is 31.7 Å². The highest BCUT2D eigenvalue weighted by molar-refractivity contribution is 5.97. The highest BCUT2D eigenvalue weighted by atomic mass is 16.6. The normalized spacial score (nSPS) is 15.0. The minimum atomic E-state index is -0.521. The fourth-order valence-corrected chi connectivity index (χ4v) is 2.63. The van der Waals surface area contributed by atoms with E-state index in [9.17, 15) is 9.59 Å². The van der Waals surface area contributed by atoms with Crippen LogP contribution >= 0.6 is 0 Å². The Morgan fingerprint density at radius 1 is 1.12 bits per heavy atom. The summed E-state index contributed by atoms with van der Waals surface area (Å²) < 4.78 is 5.37. The van der Waals surface area contributed by atoms with Crippen LogP contribution in [-0.2, 0) is 4.74 Å². The van der Waals surface area contributed by atoms with Gasteiger partial charge in [-0.2, -0.15) is 0 Å². The van der Waals surface area contributed by atoms with Crippen LogP contribution in [0.5, 0.6) is 0 Å². The molecule has 1 aliphatic heterocycles. The van der Waals surface area contributed by atoms with Gasteiger partial charge in [-0.15, -0.1) is 6.42 Å². The van der Waals surface area contributed by atoms with Crippen LogP contribution < -0.4 is 0 Å². The van der Waals surface area contributed by atoms with Crippen LogP contribution in [0.1, 0.15) is 42.3 Å². The van der Waals surface area contributed by atoms with Gasteiger partial charge in [0.05, 0.1) is 5.56 Å². The molecule has 1 aliphatic rings. The smallest absolute Gasteiger partial charge is 0.410 e. The van der Waals surface area contributed by atoms with Crippen molar-refractivity contribution in [3.63, 3.8) is 0 Å². The van der Waals surface area contributed by atoms with E-state index < -0.39 is 5.60 Å². The molecule has 24 heavy (non-hydrogen) atoms. The average molecular weight is 328 g/mol. The molecule has 1 aromatic rings. The molecular weight excluding hydrogens is 304 g/mol. The quantitative estimate of drug-likeness (QED) is 0.745. The van der Waals surface area contributed by atoms with E-state index in [0.717, 1.165) is 5.56 Å². The third-order valence-electron chi connectivity index (χ3n) is 3.87. The van der Waals surface area contributed by atoms with Gasteiger partial charge in [-0.25, -0.2) is 4.79 Å². The molecular formula is C19H24N2O3. The van der Waals surface area contributed by atoms with E-state index in [2.05, 4.69) is 5.92 Å². The van der Waals surface area contributed by atoms with Crippen LogP contribution in [0.15, 0.2) is 18.2 Å². The van der Waals surface area contributed by atoms with Gasteiger partial charge in [-0.05, 0) is 39.3 Å². The largest absolute Gasteiger partial charge is 0.444 e. The molecule has 0 unspecified atom stereocenters. The van der Waals surface area contributed by atoms with Crippen molar-refractivity contribution in [1.29, 1.82) is 0 Å². The van der Waals surface area contributed by atoms with Crippen molar-refractivity contribution in [2.75, 3.05) is 26.2 Å². The van der Waals surface area contributed by atoms with E-state index >= 15 is 0 Å². The van der Waals surface area contributed by atoms with E-state index in [-0.39, 0.29) is 12.0 Å². The molecule has 0 aromatic heterocycles. The fraction of sp³-hybridized carbons (Fsp3) is 0.474. The summed E-state index contributed by atoms with van der Waals surface area (Å²) in [4.78, 5) is 28.2. The molecule has 0 aliphatic carbocycles. The van der Waals surface area contributed by atoms with E-state index in [0.29, 0.717) is 37.3 Å². The van der Waals surface area contributed by atoms with Crippen LogP contribution in [0.4, 0.5) is 4.79 Å². The Bertz CT molecular complexity index is 675. The van der Waals surface area contributed by atoms with Crippen LogP contribution in [0.3, 0.4) is 0 Å². The first-order chi connectivity index (χ1) is 11.2. The molecule has 1 fully saturated rings. The molecule has 0 saturated carbocycles. The number of carbonyl (C=O) groups excluding carboxylic acids is 2. The monoisotopic (exact) mass is 328 g/mol. The fourth-order valence-electron chi connectivity index (χ4n) is 2.63. The number of ether oxygens (including phenoxy) is 1. The Hall–Kier alpha value is -2.48. The first-order valence-electron chi connectivity index (χ1n) is 8.06. The van der Waals surface area contributed by atoms with Crippen LogP contribution in [0, 0.1) is 19.3 Å². The maximum Gasteiger partial charge on any atom is 0.410 e. The highest BCUT2D eigenvalue weighted by Gasteiger charge is 2.28. The molecule has 1 heterocycles. The van der Waals surface area contributed by atoms with Crippen LogP contribution in [0.25, 0.3) is 0 Å². The summed E-state index contributed by atoms with van der Waals surface area (Å²) in [5, 5.41) is 0. The summed E-state index contributed by atoms with van der Waals surface area (Å²) in [6.07, 6.45) is 5.21. The van der Waals surface area contributed by atoms with Crippen molar-refractivity contribution in [2.45, 2.75) is 33.3 Å². The molecule has 0 N–H and O–H groups in total. The molecule has 128 valence electrons. The van der Waals surface area contributed by atoms with Gasteiger partial charge in [-0.3, -0.25) is 4.79 Å². The minimum absolute atomic E-state index is 0.0875. The predicted molar refractivity (Wildman–Crippen MR) is 92.8 cm³/mol. The molecule has 0 spiro atoms. The van der Waals surface area contributed by atoms with Gasteiger partial charge in [0.25, 0.3) is 5.91 Å². The lowest BCUT2D eigenvalue weighted by Gasteiger charge is -2.35. The first-order valence-corrected chi connectivity index (χ1v) is 8.06. The Morgan fingerprint density at radius 3 is 2.25 bits per heavy atom. The van der Waals surface area contributed by atoms with E-state index in [4.69, 9.17) is 11.2 Å². The topological polar surface area (TPSA) is 49.9 Å². The van der Waals surface area contributed by atoms with Crippen molar-refractivity contribution < 1.29 is 14.3 Å². The molecule has 0 atom stereocenters. The lowest BCUT2D eigenvalue weighted by atomic mass is 10.0. The molecule has 0 bridgehead atoms. The Morgan fingerprint density at radius 2 is 1.71 bits per heavy atom. The zero-order valence-corrected chi connectivity index (χ0v) is 14.8. The first kappa shape index (κ1) is 17.9. The minimum Gasteiger partial charge on any atom is -0.444 e. The van der Waals surface area contributed by atoms with Gasteiger partial charge in [-0.1, -0.05) is 18.1 Å². The molecule has 1 aromatic carbocycles. The number of carbonyl (C=O) groups is 2. The maximum absolute atomic E-state index is 12.7. The number of amides is 2. The second kappa shape index (κ2) is 6.96. The van der Waals surface area contributed by atoms with Crippen molar-refractivity contribution in [2.24, 2.45) is 0 Å². The van der Waals surface area contributed by atoms with Crippen molar-refractivity contribution >= 4 is 12.0 Å². The van der Waals surface area contributed by atoms with E-state index in [1.165, 1.54) is 0 Å². The number of piperazine rings is 1. The number of hydrogen-bond donors (Lipinski definition) is 0. The van der Waals surface area contributed by atoms with Gasteiger partial charge >= 0.3 is 6.09 Å². The standard InChI is InChI=1S/C19H24N2O3/c1-6-15-14(2)8-7-9-16(15)17(22)20-10-12-21(13-11-20)18(23)24-19(3,4)5/h1,7-9H,10-13H2,2-5H3. The number of terminal acetylenes is 1. The number of nitrogens with zero attached hydrogens (tertiary/aromatic N) is 2. The number of hydrogen-bond acceptors (Lipinski definition) is 3. The molecule has 2 amide bonds.